The van der Waals surface area contributed by atoms with Gasteiger partial charge in [-0.2, -0.15) is 0 Å². The van der Waals surface area contributed by atoms with Gasteiger partial charge in [0.25, 0.3) is 0 Å². The normalized spacial score (nSPS) is 32.2. The van der Waals surface area contributed by atoms with Gasteiger partial charge in [0.15, 0.2) is 0 Å². The van der Waals surface area contributed by atoms with Crippen molar-refractivity contribution in [3.05, 3.63) is 34.5 Å². The number of allylic oxidation sites excluding steroid dienone is 2. The maximum Gasteiger partial charge on any atom is 0.307 e. The Balaban J connectivity index is 1.73. The lowest BCUT2D eigenvalue weighted by atomic mass is 9.82. The van der Waals surface area contributed by atoms with Gasteiger partial charge in [0.2, 0.25) is 5.91 Å². The van der Waals surface area contributed by atoms with E-state index >= 15 is 0 Å². The van der Waals surface area contributed by atoms with E-state index < -0.39 is 17.8 Å². The highest BCUT2D eigenvalue weighted by Gasteiger charge is 2.51. The zero-order valence-corrected chi connectivity index (χ0v) is 12.0. The molecular formula is C15H17NO3S. The number of rotatable bonds is 4. The second-order valence-electron chi connectivity index (χ2n) is 5.58. The molecule has 0 aliphatic heterocycles. The first-order valence-corrected chi connectivity index (χ1v) is 7.71. The van der Waals surface area contributed by atoms with Crippen molar-refractivity contribution >= 4 is 23.2 Å². The smallest absolute Gasteiger partial charge is 0.307 e. The van der Waals surface area contributed by atoms with Crippen LogP contribution in [0, 0.1) is 23.7 Å². The van der Waals surface area contributed by atoms with Gasteiger partial charge in [0, 0.05) is 4.88 Å². The van der Waals surface area contributed by atoms with Gasteiger partial charge in [-0.15, -0.1) is 11.3 Å². The molecule has 4 nitrogen and oxygen atoms in total. The lowest BCUT2D eigenvalue weighted by molar-refractivity contribution is -0.148. The maximum absolute atomic E-state index is 12.5. The van der Waals surface area contributed by atoms with Gasteiger partial charge >= 0.3 is 5.97 Å². The Kier molecular flexibility index (Phi) is 3.38. The number of carbonyl (C=O) groups is 2. The molecule has 0 aromatic carbocycles. The number of hydrogen-bond acceptors (Lipinski definition) is 3. The molecule has 3 rings (SSSR count). The molecule has 1 fully saturated rings. The summed E-state index contributed by atoms with van der Waals surface area (Å²) in [5, 5.41) is 14.3. The van der Waals surface area contributed by atoms with Gasteiger partial charge in [-0.05, 0) is 36.6 Å². The average molecular weight is 291 g/mol. The quantitative estimate of drug-likeness (QED) is 0.837. The van der Waals surface area contributed by atoms with Crippen molar-refractivity contribution in [1.29, 1.82) is 0 Å². The molecule has 20 heavy (non-hydrogen) atoms. The summed E-state index contributed by atoms with van der Waals surface area (Å²) < 4.78 is 0. The van der Waals surface area contributed by atoms with Crippen molar-refractivity contribution in [3.8, 4) is 0 Å². The van der Waals surface area contributed by atoms with Crippen LogP contribution in [-0.2, 0) is 9.59 Å². The Morgan fingerprint density at radius 1 is 1.35 bits per heavy atom. The number of aliphatic carboxylic acids is 1. The topological polar surface area (TPSA) is 66.4 Å². The van der Waals surface area contributed by atoms with Gasteiger partial charge in [0.05, 0.1) is 17.9 Å². The van der Waals surface area contributed by atoms with Crippen LogP contribution in [0.2, 0.25) is 0 Å². The second-order valence-corrected chi connectivity index (χ2v) is 6.56. The molecule has 1 heterocycles. The largest absolute Gasteiger partial charge is 0.481 e. The summed E-state index contributed by atoms with van der Waals surface area (Å²) in [6, 6.07) is 3.86. The fraction of sp³-hybridized carbons (Fsp3) is 0.467. The van der Waals surface area contributed by atoms with Crippen molar-refractivity contribution in [2.45, 2.75) is 19.4 Å². The lowest BCUT2D eigenvalue weighted by Gasteiger charge is -2.25. The number of nitrogens with one attached hydrogen (secondary N) is 1. The van der Waals surface area contributed by atoms with E-state index in [2.05, 4.69) is 5.32 Å². The molecule has 0 saturated heterocycles. The van der Waals surface area contributed by atoms with E-state index in [-0.39, 0.29) is 23.8 Å². The van der Waals surface area contributed by atoms with Crippen molar-refractivity contribution in [2.24, 2.45) is 23.7 Å². The first-order valence-electron chi connectivity index (χ1n) is 6.83. The first-order chi connectivity index (χ1) is 9.58. The number of amides is 1. The van der Waals surface area contributed by atoms with E-state index in [0.717, 1.165) is 11.3 Å². The summed E-state index contributed by atoms with van der Waals surface area (Å²) in [5.74, 6) is -1.88. The fourth-order valence-electron chi connectivity index (χ4n) is 3.43. The van der Waals surface area contributed by atoms with Crippen LogP contribution in [0.5, 0.6) is 0 Å². The second kappa shape index (κ2) is 5.05. The van der Waals surface area contributed by atoms with Gasteiger partial charge in [0.1, 0.15) is 0 Å². The van der Waals surface area contributed by atoms with E-state index in [9.17, 15) is 14.7 Å². The van der Waals surface area contributed by atoms with Crippen LogP contribution < -0.4 is 5.32 Å². The highest BCUT2D eigenvalue weighted by atomic mass is 32.1. The third kappa shape index (κ3) is 2.16. The average Bonchev–Trinajstić information content (AvgIpc) is 3.13. The van der Waals surface area contributed by atoms with Crippen LogP contribution in [0.3, 0.4) is 0 Å². The summed E-state index contributed by atoms with van der Waals surface area (Å²) in [5.41, 5.74) is 0. The minimum atomic E-state index is -0.856. The number of carboxylic acids is 1. The standard InChI is InChI=1S/C15H17NO3S/c1-8(11-3-2-6-20-11)16-14(17)12-9-4-5-10(7-9)13(12)15(18)19/h2-6,8-10,12-13H,7H2,1H3,(H,16,17)(H,18,19)/t8-,9?,10?,12?,13?/m0/s1. The molecule has 5 heteroatoms. The molecule has 4 unspecified atom stereocenters. The molecule has 106 valence electrons. The fourth-order valence-corrected chi connectivity index (χ4v) is 4.17. The van der Waals surface area contributed by atoms with E-state index in [0.29, 0.717) is 0 Å². The van der Waals surface area contributed by atoms with Crippen LogP contribution >= 0.6 is 11.3 Å². The van der Waals surface area contributed by atoms with E-state index in [1.54, 1.807) is 11.3 Å². The van der Waals surface area contributed by atoms with Gasteiger partial charge in [-0.1, -0.05) is 18.2 Å². The van der Waals surface area contributed by atoms with Crippen LogP contribution in [0.1, 0.15) is 24.3 Å². The van der Waals surface area contributed by atoms with Crippen LogP contribution in [-0.4, -0.2) is 17.0 Å². The van der Waals surface area contributed by atoms with Gasteiger partial charge in [-0.3, -0.25) is 9.59 Å². The highest BCUT2D eigenvalue weighted by molar-refractivity contribution is 7.10. The third-order valence-electron chi connectivity index (χ3n) is 4.38. The third-order valence-corrected chi connectivity index (χ3v) is 5.43. The molecular weight excluding hydrogens is 274 g/mol. The molecule has 2 N–H and O–H groups in total. The van der Waals surface area contributed by atoms with Crippen molar-refractivity contribution in [3.63, 3.8) is 0 Å². The molecule has 2 aliphatic rings. The summed E-state index contributed by atoms with van der Waals surface area (Å²) in [6.07, 6.45) is 4.75. The van der Waals surface area contributed by atoms with Crippen molar-refractivity contribution < 1.29 is 14.7 Å². The molecule has 1 aromatic rings. The van der Waals surface area contributed by atoms with Crippen LogP contribution in [0.4, 0.5) is 0 Å². The number of carbonyl (C=O) groups excluding carboxylic acids is 1. The maximum atomic E-state index is 12.5. The van der Waals surface area contributed by atoms with Crippen molar-refractivity contribution in [2.75, 3.05) is 0 Å². The minimum Gasteiger partial charge on any atom is -0.481 e. The lowest BCUT2D eigenvalue weighted by Crippen LogP contribution is -2.40. The number of carboxylic acid groups (broad SMARTS) is 1. The van der Waals surface area contributed by atoms with Crippen molar-refractivity contribution in [1.82, 2.24) is 5.32 Å². The minimum absolute atomic E-state index is 0.0188. The predicted molar refractivity (Wildman–Crippen MR) is 76.2 cm³/mol. The Morgan fingerprint density at radius 3 is 2.65 bits per heavy atom. The zero-order valence-electron chi connectivity index (χ0n) is 11.2. The molecule has 1 aromatic heterocycles. The Morgan fingerprint density at radius 2 is 2.05 bits per heavy atom. The van der Waals surface area contributed by atoms with E-state index in [4.69, 9.17) is 0 Å². The van der Waals surface area contributed by atoms with E-state index in [1.807, 2.05) is 36.6 Å². The Labute approximate surface area is 121 Å². The molecule has 0 spiro atoms. The first kappa shape index (κ1) is 13.4. The molecule has 0 radical (unpaired) electrons. The van der Waals surface area contributed by atoms with Gasteiger partial charge in [-0.25, -0.2) is 0 Å². The molecule has 2 bridgehead atoms. The number of hydrogen-bond donors (Lipinski definition) is 2. The van der Waals surface area contributed by atoms with Crippen LogP contribution in [0.15, 0.2) is 29.7 Å². The Bertz CT molecular complexity index is 551. The summed E-state index contributed by atoms with van der Waals surface area (Å²) >= 11 is 1.59. The van der Waals surface area contributed by atoms with Gasteiger partial charge < -0.3 is 10.4 Å². The Hall–Kier alpha value is -1.62. The molecule has 1 saturated carbocycles. The highest BCUT2D eigenvalue weighted by Crippen LogP contribution is 2.48. The summed E-state index contributed by atoms with van der Waals surface area (Å²) in [6.45, 7) is 1.93. The molecule has 5 atom stereocenters. The zero-order chi connectivity index (χ0) is 14.3. The summed E-state index contributed by atoms with van der Waals surface area (Å²) in [4.78, 5) is 24.9. The molecule has 1 amide bonds. The predicted octanol–water partition coefficient (Wildman–Crippen LogP) is 2.45. The molecule has 2 aliphatic carbocycles. The van der Waals surface area contributed by atoms with Crippen LogP contribution in [0.25, 0.3) is 0 Å². The number of thiophene rings is 1. The summed E-state index contributed by atoms with van der Waals surface area (Å²) in [7, 11) is 0. The monoisotopic (exact) mass is 291 g/mol. The SMILES string of the molecule is C[C@H](NC(=O)C1C2C=CC(C2)C1C(=O)O)c1cccs1. The van der Waals surface area contributed by atoms with E-state index in [1.165, 1.54) is 0 Å². The number of fused-ring (bicyclic) bond motifs is 2.